The maximum Gasteiger partial charge on any atom is 0.127 e. The lowest BCUT2D eigenvalue weighted by atomic mass is 10.0. The van der Waals surface area contributed by atoms with Crippen LogP contribution in [-0.2, 0) is 4.79 Å². The van der Waals surface area contributed by atoms with Crippen molar-refractivity contribution in [3.63, 3.8) is 0 Å². The standard InChI is InChI=1S/C13H18O2/c1-10(2)9-15-13-7-5-4-6-12(13)11(3)8-14/h4-8,10-11H,9H2,1-3H3. The molecule has 1 unspecified atom stereocenters. The van der Waals surface area contributed by atoms with Crippen molar-refractivity contribution in [1.82, 2.24) is 0 Å². The van der Waals surface area contributed by atoms with Crippen LogP contribution in [0, 0.1) is 5.92 Å². The molecule has 0 fully saturated rings. The first-order valence-electron chi connectivity index (χ1n) is 5.32. The van der Waals surface area contributed by atoms with E-state index in [1.807, 2.05) is 31.2 Å². The Balaban J connectivity index is 2.81. The maximum absolute atomic E-state index is 10.7. The van der Waals surface area contributed by atoms with Crippen LogP contribution >= 0.6 is 0 Å². The smallest absolute Gasteiger partial charge is 0.127 e. The second-order valence-electron chi connectivity index (χ2n) is 4.17. The van der Waals surface area contributed by atoms with Crippen LogP contribution in [0.3, 0.4) is 0 Å². The first-order chi connectivity index (χ1) is 7.15. The molecule has 0 amide bonds. The van der Waals surface area contributed by atoms with E-state index in [9.17, 15) is 4.79 Å². The molecule has 0 aromatic heterocycles. The van der Waals surface area contributed by atoms with E-state index in [0.29, 0.717) is 12.5 Å². The first-order valence-corrected chi connectivity index (χ1v) is 5.32. The molecule has 1 rings (SSSR count). The van der Waals surface area contributed by atoms with E-state index in [1.165, 1.54) is 0 Å². The van der Waals surface area contributed by atoms with Gasteiger partial charge in [0.25, 0.3) is 0 Å². The molecule has 0 heterocycles. The van der Waals surface area contributed by atoms with Gasteiger partial charge in [-0.05, 0) is 12.0 Å². The number of ether oxygens (including phenoxy) is 1. The third-order valence-corrected chi connectivity index (χ3v) is 2.19. The fourth-order valence-corrected chi connectivity index (χ4v) is 1.32. The molecule has 0 spiro atoms. The van der Waals surface area contributed by atoms with Crippen LogP contribution in [0.1, 0.15) is 32.3 Å². The molecule has 0 aliphatic heterocycles. The quantitative estimate of drug-likeness (QED) is 0.692. The van der Waals surface area contributed by atoms with Crippen LogP contribution in [0.25, 0.3) is 0 Å². The van der Waals surface area contributed by atoms with Gasteiger partial charge in [-0.15, -0.1) is 0 Å². The van der Waals surface area contributed by atoms with E-state index >= 15 is 0 Å². The minimum Gasteiger partial charge on any atom is -0.493 e. The molecular formula is C13H18O2. The van der Waals surface area contributed by atoms with Crippen LogP contribution in [0.15, 0.2) is 24.3 Å². The van der Waals surface area contributed by atoms with Gasteiger partial charge in [-0.3, -0.25) is 0 Å². The van der Waals surface area contributed by atoms with Crippen molar-refractivity contribution in [2.24, 2.45) is 5.92 Å². The molecule has 82 valence electrons. The topological polar surface area (TPSA) is 26.3 Å². The van der Waals surface area contributed by atoms with Crippen molar-refractivity contribution >= 4 is 6.29 Å². The van der Waals surface area contributed by atoms with E-state index < -0.39 is 0 Å². The van der Waals surface area contributed by atoms with Gasteiger partial charge >= 0.3 is 0 Å². The number of hydrogen-bond donors (Lipinski definition) is 0. The summed E-state index contributed by atoms with van der Waals surface area (Å²) in [7, 11) is 0. The second-order valence-corrected chi connectivity index (χ2v) is 4.17. The van der Waals surface area contributed by atoms with Crippen LogP contribution < -0.4 is 4.74 Å². The lowest BCUT2D eigenvalue weighted by molar-refractivity contribution is -0.108. The highest BCUT2D eigenvalue weighted by Crippen LogP contribution is 2.25. The van der Waals surface area contributed by atoms with Gasteiger partial charge < -0.3 is 9.53 Å². The largest absolute Gasteiger partial charge is 0.493 e. The third kappa shape index (κ3) is 3.39. The zero-order valence-corrected chi connectivity index (χ0v) is 9.57. The maximum atomic E-state index is 10.7. The average molecular weight is 206 g/mol. The Morgan fingerprint density at radius 1 is 1.27 bits per heavy atom. The van der Waals surface area contributed by atoms with E-state index in [0.717, 1.165) is 17.6 Å². The summed E-state index contributed by atoms with van der Waals surface area (Å²) in [5, 5.41) is 0. The summed E-state index contributed by atoms with van der Waals surface area (Å²) in [5.74, 6) is 1.21. The number of carbonyl (C=O) groups excluding carboxylic acids is 1. The summed E-state index contributed by atoms with van der Waals surface area (Å²) in [6, 6.07) is 7.71. The van der Waals surface area contributed by atoms with Gasteiger partial charge in [0, 0.05) is 11.5 Å². The molecule has 2 nitrogen and oxygen atoms in total. The Bertz CT molecular complexity index is 318. The summed E-state index contributed by atoms with van der Waals surface area (Å²) in [6.45, 7) is 6.77. The van der Waals surface area contributed by atoms with Crippen LogP contribution in [0.2, 0.25) is 0 Å². The SMILES string of the molecule is CC(C)COc1ccccc1C(C)C=O. The summed E-state index contributed by atoms with van der Waals surface area (Å²) >= 11 is 0. The van der Waals surface area contributed by atoms with Crippen LogP contribution in [-0.4, -0.2) is 12.9 Å². The zero-order valence-electron chi connectivity index (χ0n) is 9.57. The summed E-state index contributed by atoms with van der Waals surface area (Å²) in [5.41, 5.74) is 0.966. The van der Waals surface area contributed by atoms with Crippen molar-refractivity contribution < 1.29 is 9.53 Å². The lowest BCUT2D eigenvalue weighted by Gasteiger charge is -2.14. The molecule has 1 atom stereocenters. The Hall–Kier alpha value is -1.31. The molecule has 0 radical (unpaired) electrons. The predicted molar refractivity (Wildman–Crippen MR) is 61.3 cm³/mol. The highest BCUT2D eigenvalue weighted by Gasteiger charge is 2.10. The molecule has 1 aromatic carbocycles. The zero-order chi connectivity index (χ0) is 11.3. The number of aldehydes is 1. The Morgan fingerprint density at radius 3 is 2.53 bits per heavy atom. The number of para-hydroxylation sites is 1. The van der Waals surface area contributed by atoms with E-state index in [-0.39, 0.29) is 5.92 Å². The van der Waals surface area contributed by atoms with Crippen molar-refractivity contribution in [1.29, 1.82) is 0 Å². The Labute approximate surface area is 91.3 Å². The minimum atomic E-state index is -0.103. The monoisotopic (exact) mass is 206 g/mol. The lowest BCUT2D eigenvalue weighted by Crippen LogP contribution is -2.07. The molecule has 2 heteroatoms. The fourth-order valence-electron chi connectivity index (χ4n) is 1.32. The van der Waals surface area contributed by atoms with Crippen molar-refractivity contribution in [2.75, 3.05) is 6.61 Å². The summed E-state index contributed by atoms with van der Waals surface area (Å²) in [6.07, 6.45) is 0.942. The average Bonchev–Trinajstić information content (AvgIpc) is 2.25. The number of hydrogen-bond acceptors (Lipinski definition) is 2. The van der Waals surface area contributed by atoms with E-state index in [1.54, 1.807) is 0 Å². The van der Waals surface area contributed by atoms with Gasteiger partial charge in [-0.2, -0.15) is 0 Å². The van der Waals surface area contributed by atoms with Crippen molar-refractivity contribution in [3.05, 3.63) is 29.8 Å². The van der Waals surface area contributed by atoms with E-state index in [2.05, 4.69) is 13.8 Å². The third-order valence-electron chi connectivity index (χ3n) is 2.19. The minimum absolute atomic E-state index is 0.103. The Kier molecular flexibility index (Phi) is 4.35. The van der Waals surface area contributed by atoms with Gasteiger partial charge in [0.2, 0.25) is 0 Å². The number of carbonyl (C=O) groups is 1. The van der Waals surface area contributed by atoms with Gasteiger partial charge in [0.05, 0.1) is 6.61 Å². The van der Waals surface area contributed by atoms with E-state index in [4.69, 9.17) is 4.74 Å². The molecular weight excluding hydrogens is 188 g/mol. The molecule has 15 heavy (non-hydrogen) atoms. The fraction of sp³-hybridized carbons (Fsp3) is 0.462. The second kappa shape index (κ2) is 5.54. The number of rotatable bonds is 5. The van der Waals surface area contributed by atoms with Crippen LogP contribution in [0.5, 0.6) is 5.75 Å². The highest BCUT2D eigenvalue weighted by molar-refractivity contribution is 5.63. The van der Waals surface area contributed by atoms with Crippen molar-refractivity contribution in [2.45, 2.75) is 26.7 Å². The van der Waals surface area contributed by atoms with Gasteiger partial charge in [0.15, 0.2) is 0 Å². The molecule has 0 N–H and O–H groups in total. The number of benzene rings is 1. The molecule has 0 bridgehead atoms. The summed E-state index contributed by atoms with van der Waals surface area (Å²) in [4.78, 5) is 10.7. The molecule has 1 aromatic rings. The van der Waals surface area contributed by atoms with Gasteiger partial charge in [-0.1, -0.05) is 39.0 Å². The van der Waals surface area contributed by atoms with Crippen LogP contribution in [0.4, 0.5) is 0 Å². The van der Waals surface area contributed by atoms with Gasteiger partial charge in [0.1, 0.15) is 12.0 Å². The molecule has 0 saturated carbocycles. The van der Waals surface area contributed by atoms with Crippen molar-refractivity contribution in [3.8, 4) is 5.75 Å². The summed E-state index contributed by atoms with van der Waals surface area (Å²) < 4.78 is 5.66. The molecule has 0 saturated heterocycles. The van der Waals surface area contributed by atoms with Gasteiger partial charge in [-0.25, -0.2) is 0 Å². The molecule has 0 aliphatic carbocycles. The highest BCUT2D eigenvalue weighted by atomic mass is 16.5. The molecule has 0 aliphatic rings. The first kappa shape index (κ1) is 11.8. The normalized spacial score (nSPS) is 12.5. The Morgan fingerprint density at radius 2 is 1.93 bits per heavy atom. The predicted octanol–water partition coefficient (Wildman–Crippen LogP) is 3.02.